The average Bonchev–Trinajstić information content (AvgIpc) is 3.03. The molecule has 0 aromatic heterocycles. The molecule has 1 heterocycles. The highest BCUT2D eigenvalue weighted by atomic mass is 16.7. The number of ketones is 2. The van der Waals surface area contributed by atoms with E-state index in [1.54, 1.807) is 49.4 Å². The van der Waals surface area contributed by atoms with Crippen LogP contribution in [-0.4, -0.2) is 76.3 Å². The third-order valence-corrected chi connectivity index (χ3v) is 8.74. The Bertz CT molecular complexity index is 1670. The molecule has 6 N–H and O–H groups in total. The first kappa shape index (κ1) is 31.6. The smallest absolute Gasteiger partial charge is 0.411 e. The lowest BCUT2D eigenvalue weighted by Gasteiger charge is -2.43. The maximum atomic E-state index is 13.6. The van der Waals surface area contributed by atoms with Gasteiger partial charge in [0.2, 0.25) is 0 Å². The van der Waals surface area contributed by atoms with Crippen LogP contribution in [0.15, 0.2) is 54.6 Å². The zero-order valence-corrected chi connectivity index (χ0v) is 25.4. The monoisotopic (exact) mass is 632 g/mol. The fraction of sp³-hybridized carbons (Fsp3) is 0.382. The van der Waals surface area contributed by atoms with Gasteiger partial charge in [0, 0.05) is 59.9 Å². The molecular weight excluding hydrogens is 596 g/mol. The van der Waals surface area contributed by atoms with E-state index in [4.69, 9.17) is 24.7 Å². The number of hydrogen-bond acceptors (Lipinski definition) is 11. The number of nitrogens with two attached hydrogens (primary N) is 1. The van der Waals surface area contributed by atoms with Crippen LogP contribution in [0.3, 0.4) is 0 Å². The molecule has 46 heavy (non-hydrogen) atoms. The summed E-state index contributed by atoms with van der Waals surface area (Å²) in [5.74, 6) is -2.39. The van der Waals surface area contributed by atoms with Crippen LogP contribution in [0, 0.1) is 0 Å². The number of aromatic hydroxyl groups is 2. The predicted octanol–water partition coefficient (Wildman–Crippen LogP) is 3.72. The summed E-state index contributed by atoms with van der Waals surface area (Å²) in [4.78, 5) is 39.8. The summed E-state index contributed by atoms with van der Waals surface area (Å²) >= 11 is 0. The highest BCUT2D eigenvalue weighted by Gasteiger charge is 2.48. The third kappa shape index (κ3) is 5.74. The van der Waals surface area contributed by atoms with Crippen LogP contribution in [0.4, 0.5) is 10.5 Å². The van der Waals surface area contributed by atoms with Gasteiger partial charge in [-0.25, -0.2) is 4.79 Å². The molecular formula is C34H36N2O10. The van der Waals surface area contributed by atoms with Crippen molar-refractivity contribution >= 4 is 23.3 Å². The number of amides is 1. The number of nitrogens with one attached hydrogen (secondary N) is 1. The zero-order valence-electron chi connectivity index (χ0n) is 25.4. The first-order valence-electron chi connectivity index (χ1n) is 15.2. The van der Waals surface area contributed by atoms with Crippen molar-refractivity contribution in [2.24, 2.45) is 5.73 Å². The standard InChI is InChI=1S/C34H36N2O10/c1-3-43-32-17(2)45-24(13-22(32)35)46-23-15-34(42,16-44-33(41)36-18-9-5-4-6-10-18)14-21-25(23)31(40)27-26(30(21)39)28(37)19-11-7-8-12-20(19)29(27)38/h4-12,17,22-24,32,39-40,42H,3,13-16,35H2,1-2H3,(H,36,41)/t17-,22+,23+,24+,32+,34?/m1/s1. The van der Waals surface area contributed by atoms with Crippen molar-refractivity contribution in [2.45, 2.75) is 69.4 Å². The first-order chi connectivity index (χ1) is 22.0. The fourth-order valence-electron chi connectivity index (χ4n) is 6.66. The lowest BCUT2D eigenvalue weighted by Crippen LogP contribution is -2.53. The SMILES string of the molecule is CCO[C@@H]1[C@@H](N)C[C@H](O[C@H]2CC(O)(COC(=O)Nc3ccccc3)Cc3c(O)c4c(c(O)c32)C(=O)c2ccccc2C4=O)O[C@@H]1C. The minimum Gasteiger partial charge on any atom is -0.507 e. The minimum absolute atomic E-state index is 0.0112. The number of anilines is 1. The van der Waals surface area contributed by atoms with Gasteiger partial charge in [-0.1, -0.05) is 42.5 Å². The average molecular weight is 633 g/mol. The molecule has 3 aliphatic rings. The van der Waals surface area contributed by atoms with E-state index in [-0.39, 0.29) is 58.7 Å². The zero-order chi connectivity index (χ0) is 32.7. The van der Waals surface area contributed by atoms with Gasteiger partial charge in [0.25, 0.3) is 0 Å². The van der Waals surface area contributed by atoms with Gasteiger partial charge >= 0.3 is 6.09 Å². The number of ether oxygens (including phenoxy) is 4. The topological polar surface area (TPSA) is 187 Å². The van der Waals surface area contributed by atoms with Crippen molar-refractivity contribution in [3.05, 3.63) is 88.0 Å². The van der Waals surface area contributed by atoms with E-state index < -0.39 is 65.9 Å². The summed E-state index contributed by atoms with van der Waals surface area (Å²) < 4.78 is 23.5. The van der Waals surface area contributed by atoms with E-state index in [1.165, 1.54) is 12.1 Å². The lowest BCUT2D eigenvalue weighted by atomic mass is 9.73. The van der Waals surface area contributed by atoms with Crippen molar-refractivity contribution in [3.63, 3.8) is 0 Å². The molecule has 1 amide bonds. The number of phenolic OH excluding ortho intramolecular Hbond substituents is 2. The number of hydrogen-bond donors (Lipinski definition) is 5. The second-order valence-electron chi connectivity index (χ2n) is 11.9. The summed E-state index contributed by atoms with van der Waals surface area (Å²) in [6.07, 6.45) is -4.09. The molecule has 6 rings (SSSR count). The number of rotatable bonds is 7. The molecule has 0 radical (unpaired) electrons. The van der Waals surface area contributed by atoms with Crippen LogP contribution < -0.4 is 11.1 Å². The molecule has 12 heteroatoms. The molecule has 1 aliphatic heterocycles. The van der Waals surface area contributed by atoms with E-state index >= 15 is 0 Å². The van der Waals surface area contributed by atoms with Crippen LogP contribution in [0.1, 0.15) is 75.8 Å². The molecule has 242 valence electrons. The summed E-state index contributed by atoms with van der Waals surface area (Å²) in [6.45, 7) is 3.56. The summed E-state index contributed by atoms with van der Waals surface area (Å²) in [7, 11) is 0. The molecule has 0 bridgehead atoms. The van der Waals surface area contributed by atoms with Crippen LogP contribution >= 0.6 is 0 Å². The van der Waals surface area contributed by atoms with E-state index in [9.17, 15) is 29.7 Å². The highest BCUT2D eigenvalue weighted by molar-refractivity contribution is 6.30. The third-order valence-electron chi connectivity index (χ3n) is 8.74. The van der Waals surface area contributed by atoms with Crippen LogP contribution in [0.2, 0.25) is 0 Å². The van der Waals surface area contributed by atoms with Crippen molar-refractivity contribution in [3.8, 4) is 11.5 Å². The van der Waals surface area contributed by atoms with Crippen molar-refractivity contribution in [2.75, 3.05) is 18.5 Å². The summed E-state index contributed by atoms with van der Waals surface area (Å²) in [6, 6.07) is 14.3. The van der Waals surface area contributed by atoms with Crippen LogP contribution in [0.5, 0.6) is 11.5 Å². The van der Waals surface area contributed by atoms with Gasteiger partial charge in [0.15, 0.2) is 17.9 Å². The molecule has 1 unspecified atom stereocenters. The van der Waals surface area contributed by atoms with Gasteiger partial charge in [0.05, 0.1) is 29.4 Å². The largest absolute Gasteiger partial charge is 0.507 e. The maximum absolute atomic E-state index is 13.6. The van der Waals surface area contributed by atoms with Gasteiger partial charge in [-0.2, -0.15) is 0 Å². The lowest BCUT2D eigenvalue weighted by molar-refractivity contribution is -0.254. The minimum atomic E-state index is -1.82. The van der Waals surface area contributed by atoms with E-state index in [0.717, 1.165) is 0 Å². The van der Waals surface area contributed by atoms with Crippen LogP contribution in [-0.2, 0) is 25.4 Å². The molecule has 3 aromatic rings. The maximum Gasteiger partial charge on any atom is 0.411 e. The number of phenols is 2. The first-order valence-corrected chi connectivity index (χ1v) is 15.2. The van der Waals surface area contributed by atoms with Gasteiger partial charge < -0.3 is 40.0 Å². The number of aliphatic hydroxyl groups is 1. The number of para-hydroxylation sites is 1. The number of carbonyl (C=O) groups is 3. The van der Waals surface area contributed by atoms with Crippen LogP contribution in [0.25, 0.3) is 0 Å². The predicted molar refractivity (Wildman–Crippen MR) is 164 cm³/mol. The summed E-state index contributed by atoms with van der Waals surface area (Å²) in [5, 5.41) is 37.7. The van der Waals surface area contributed by atoms with Gasteiger partial charge in [-0.15, -0.1) is 0 Å². The van der Waals surface area contributed by atoms with Gasteiger partial charge in [0.1, 0.15) is 23.7 Å². The Kier molecular flexibility index (Phi) is 8.57. The number of fused-ring (bicyclic) bond motifs is 3. The molecule has 1 fully saturated rings. The van der Waals surface area contributed by atoms with Gasteiger partial charge in [-0.05, 0) is 26.0 Å². The molecule has 1 saturated heterocycles. The van der Waals surface area contributed by atoms with E-state index in [1.807, 2.05) is 6.92 Å². The second-order valence-corrected chi connectivity index (χ2v) is 11.9. The summed E-state index contributed by atoms with van der Waals surface area (Å²) in [5.41, 5.74) is 4.55. The molecule has 2 aliphatic carbocycles. The van der Waals surface area contributed by atoms with E-state index in [0.29, 0.717) is 12.3 Å². The Morgan fingerprint density at radius 1 is 1.02 bits per heavy atom. The Balaban J connectivity index is 1.36. The quantitative estimate of drug-likeness (QED) is 0.187. The normalized spacial score (nSPS) is 26.9. The van der Waals surface area contributed by atoms with Crippen molar-refractivity contribution in [1.29, 1.82) is 0 Å². The molecule has 6 atom stereocenters. The van der Waals surface area contributed by atoms with E-state index in [2.05, 4.69) is 5.32 Å². The highest BCUT2D eigenvalue weighted by Crippen LogP contribution is 2.52. The molecule has 12 nitrogen and oxygen atoms in total. The van der Waals surface area contributed by atoms with Crippen molar-refractivity contribution in [1.82, 2.24) is 0 Å². The molecule has 0 saturated carbocycles. The Hall–Kier alpha value is -4.33. The Morgan fingerprint density at radius 2 is 1.65 bits per heavy atom. The molecule has 0 spiro atoms. The van der Waals surface area contributed by atoms with Crippen molar-refractivity contribution < 1.29 is 48.7 Å². The number of carbonyl (C=O) groups excluding carboxylic acids is 3. The second kappa shape index (κ2) is 12.5. The number of benzene rings is 3. The Morgan fingerprint density at radius 3 is 2.28 bits per heavy atom. The molecule has 3 aromatic carbocycles. The van der Waals surface area contributed by atoms with Gasteiger partial charge in [-0.3, -0.25) is 14.9 Å². The Labute approximate surface area is 265 Å². The fourth-order valence-corrected chi connectivity index (χ4v) is 6.66.